The molecule has 112 valence electrons. The molecule has 1 unspecified atom stereocenters. The number of aromatic nitrogens is 4. The van der Waals surface area contributed by atoms with Crippen LogP contribution in [0.25, 0.3) is 11.2 Å². The minimum Gasteiger partial charge on any atom is -0.306 e. The molecule has 0 bridgehead atoms. The van der Waals surface area contributed by atoms with Crippen LogP contribution in [0.3, 0.4) is 0 Å². The molecule has 1 atom stereocenters. The summed E-state index contributed by atoms with van der Waals surface area (Å²) < 4.78 is 4.37. The minimum atomic E-state index is -0.107. The third kappa shape index (κ3) is 2.14. The predicted octanol–water partition coefficient (Wildman–Crippen LogP) is 4.40. The SMILES string of the molecule is CCn1nc(C)c2nc(C(C)Cl)n(C(C)(CC)CC)c21. The number of halogens is 1. The quantitative estimate of drug-likeness (QED) is 0.767. The summed E-state index contributed by atoms with van der Waals surface area (Å²) in [6, 6.07) is 0. The lowest BCUT2D eigenvalue weighted by molar-refractivity contribution is 0.289. The van der Waals surface area contributed by atoms with E-state index < -0.39 is 0 Å². The molecule has 0 aliphatic rings. The number of hydrogen-bond acceptors (Lipinski definition) is 2. The van der Waals surface area contributed by atoms with Crippen LogP contribution >= 0.6 is 11.6 Å². The molecule has 0 amide bonds. The number of rotatable bonds is 5. The van der Waals surface area contributed by atoms with E-state index in [1.807, 2.05) is 18.5 Å². The summed E-state index contributed by atoms with van der Waals surface area (Å²) in [4.78, 5) is 4.79. The summed E-state index contributed by atoms with van der Waals surface area (Å²) in [6.07, 6.45) is 2.08. The number of fused-ring (bicyclic) bond motifs is 1. The van der Waals surface area contributed by atoms with Gasteiger partial charge in [0.25, 0.3) is 0 Å². The van der Waals surface area contributed by atoms with Gasteiger partial charge >= 0.3 is 0 Å². The summed E-state index contributed by atoms with van der Waals surface area (Å²) in [6.45, 7) is 13.7. The van der Waals surface area contributed by atoms with E-state index in [4.69, 9.17) is 16.6 Å². The molecule has 0 fully saturated rings. The van der Waals surface area contributed by atoms with Crippen molar-refractivity contribution in [2.24, 2.45) is 0 Å². The smallest absolute Gasteiger partial charge is 0.159 e. The van der Waals surface area contributed by atoms with Crippen molar-refractivity contribution in [3.8, 4) is 0 Å². The Morgan fingerprint density at radius 2 is 1.85 bits per heavy atom. The van der Waals surface area contributed by atoms with Crippen LogP contribution in [0.1, 0.15) is 64.4 Å². The molecule has 0 aromatic carbocycles. The van der Waals surface area contributed by atoms with Gasteiger partial charge in [0.15, 0.2) is 5.65 Å². The number of hydrogen-bond donors (Lipinski definition) is 0. The molecule has 2 aromatic heterocycles. The van der Waals surface area contributed by atoms with Gasteiger partial charge in [-0.1, -0.05) is 13.8 Å². The maximum atomic E-state index is 6.39. The monoisotopic (exact) mass is 296 g/mol. The first kappa shape index (κ1) is 15.4. The molecule has 2 aromatic rings. The van der Waals surface area contributed by atoms with Crippen LogP contribution in [0.15, 0.2) is 0 Å². The number of alkyl halides is 1. The maximum absolute atomic E-state index is 6.39. The number of nitrogens with zero attached hydrogens (tertiary/aromatic N) is 4. The number of aryl methyl sites for hydroxylation is 2. The lowest BCUT2D eigenvalue weighted by Crippen LogP contribution is -2.31. The number of imidazole rings is 1. The molecule has 5 heteroatoms. The van der Waals surface area contributed by atoms with Crippen molar-refractivity contribution in [2.45, 2.75) is 71.8 Å². The third-order valence-electron chi connectivity index (χ3n) is 4.46. The summed E-state index contributed by atoms with van der Waals surface area (Å²) in [5.74, 6) is 0.954. The first-order valence-electron chi connectivity index (χ1n) is 7.49. The molecule has 4 nitrogen and oxygen atoms in total. The molecular weight excluding hydrogens is 272 g/mol. The van der Waals surface area contributed by atoms with E-state index >= 15 is 0 Å². The summed E-state index contributed by atoms with van der Waals surface area (Å²) in [5.41, 5.74) is 3.10. The Bertz CT molecular complexity index is 605. The molecule has 0 saturated carbocycles. The Morgan fingerprint density at radius 3 is 2.30 bits per heavy atom. The zero-order valence-corrected chi connectivity index (χ0v) is 14.1. The maximum Gasteiger partial charge on any atom is 0.159 e. The summed E-state index contributed by atoms with van der Waals surface area (Å²) >= 11 is 6.39. The molecule has 0 aliphatic heterocycles. The van der Waals surface area contributed by atoms with Gasteiger partial charge in [-0.05, 0) is 40.5 Å². The normalized spacial score (nSPS) is 14.2. The van der Waals surface area contributed by atoms with Crippen LogP contribution in [-0.4, -0.2) is 19.3 Å². The van der Waals surface area contributed by atoms with Gasteiger partial charge in [-0.3, -0.25) is 0 Å². The van der Waals surface area contributed by atoms with E-state index in [1.165, 1.54) is 0 Å². The Balaban J connectivity index is 2.87. The molecule has 0 spiro atoms. The van der Waals surface area contributed by atoms with Crippen LogP contribution in [0.4, 0.5) is 0 Å². The molecule has 2 heterocycles. The van der Waals surface area contributed by atoms with Gasteiger partial charge in [0.2, 0.25) is 0 Å². The molecule has 0 radical (unpaired) electrons. The van der Waals surface area contributed by atoms with Crippen LogP contribution < -0.4 is 0 Å². The second kappa shape index (κ2) is 5.40. The first-order chi connectivity index (χ1) is 9.39. The van der Waals surface area contributed by atoms with Crippen LogP contribution in [0.5, 0.6) is 0 Å². The van der Waals surface area contributed by atoms with Gasteiger partial charge in [0, 0.05) is 12.1 Å². The predicted molar refractivity (Wildman–Crippen MR) is 84.4 cm³/mol. The highest BCUT2D eigenvalue weighted by Gasteiger charge is 2.31. The fourth-order valence-corrected chi connectivity index (χ4v) is 2.92. The van der Waals surface area contributed by atoms with Crippen molar-refractivity contribution in [1.82, 2.24) is 19.3 Å². The van der Waals surface area contributed by atoms with Crippen LogP contribution in [-0.2, 0) is 12.1 Å². The molecular formula is C15H25ClN4. The summed E-state index contributed by atoms with van der Waals surface area (Å²) in [5, 5.41) is 4.49. The van der Waals surface area contributed by atoms with Gasteiger partial charge < -0.3 is 4.57 Å². The van der Waals surface area contributed by atoms with Crippen molar-refractivity contribution < 1.29 is 0 Å². The van der Waals surface area contributed by atoms with E-state index in [1.54, 1.807) is 0 Å². The van der Waals surface area contributed by atoms with Gasteiger partial charge in [0.05, 0.1) is 11.1 Å². The Hall–Kier alpha value is -1.03. The Kier molecular flexibility index (Phi) is 4.14. The fraction of sp³-hybridized carbons (Fsp3) is 0.733. The van der Waals surface area contributed by atoms with Crippen molar-refractivity contribution >= 4 is 22.8 Å². The van der Waals surface area contributed by atoms with Crippen molar-refractivity contribution in [2.75, 3.05) is 0 Å². The van der Waals surface area contributed by atoms with E-state index in [0.717, 1.165) is 42.1 Å². The first-order valence-corrected chi connectivity index (χ1v) is 7.93. The van der Waals surface area contributed by atoms with Crippen molar-refractivity contribution in [1.29, 1.82) is 0 Å². The average molecular weight is 297 g/mol. The highest BCUT2D eigenvalue weighted by molar-refractivity contribution is 6.20. The van der Waals surface area contributed by atoms with Crippen molar-refractivity contribution in [3.63, 3.8) is 0 Å². The van der Waals surface area contributed by atoms with Crippen LogP contribution in [0.2, 0.25) is 0 Å². The third-order valence-corrected chi connectivity index (χ3v) is 4.65. The lowest BCUT2D eigenvalue weighted by Gasteiger charge is -2.32. The average Bonchev–Trinajstić information content (AvgIpc) is 2.96. The van der Waals surface area contributed by atoms with Gasteiger partial charge in [0.1, 0.15) is 11.3 Å². The van der Waals surface area contributed by atoms with E-state index in [-0.39, 0.29) is 10.9 Å². The zero-order chi connectivity index (χ0) is 15.1. The van der Waals surface area contributed by atoms with Gasteiger partial charge in [-0.15, -0.1) is 11.6 Å². The van der Waals surface area contributed by atoms with Gasteiger partial charge in [-0.2, -0.15) is 5.10 Å². The van der Waals surface area contributed by atoms with Crippen molar-refractivity contribution in [3.05, 3.63) is 11.5 Å². The highest BCUT2D eigenvalue weighted by atomic mass is 35.5. The minimum absolute atomic E-state index is 0.0205. The Morgan fingerprint density at radius 1 is 1.25 bits per heavy atom. The Labute approximate surface area is 126 Å². The van der Waals surface area contributed by atoms with Crippen LogP contribution in [0, 0.1) is 6.92 Å². The van der Waals surface area contributed by atoms with E-state index in [2.05, 4.69) is 37.4 Å². The molecule has 0 aliphatic carbocycles. The molecule has 0 saturated heterocycles. The standard InChI is InChI=1S/C15H25ClN4/c1-7-15(6,8-2)20-13(10(4)16)17-12-11(5)18-19(9-3)14(12)20/h10H,7-9H2,1-6H3. The highest BCUT2D eigenvalue weighted by Crippen LogP contribution is 2.35. The van der Waals surface area contributed by atoms with E-state index in [0.29, 0.717) is 0 Å². The molecule has 2 rings (SSSR count). The largest absolute Gasteiger partial charge is 0.306 e. The van der Waals surface area contributed by atoms with E-state index in [9.17, 15) is 0 Å². The molecule has 0 N–H and O–H groups in total. The zero-order valence-electron chi connectivity index (χ0n) is 13.4. The van der Waals surface area contributed by atoms with Gasteiger partial charge in [-0.25, -0.2) is 9.67 Å². The molecule has 20 heavy (non-hydrogen) atoms. The second-order valence-electron chi connectivity index (χ2n) is 5.70. The summed E-state index contributed by atoms with van der Waals surface area (Å²) in [7, 11) is 0. The lowest BCUT2D eigenvalue weighted by atomic mass is 9.94. The fourth-order valence-electron chi connectivity index (χ4n) is 2.77. The topological polar surface area (TPSA) is 35.6 Å². The second-order valence-corrected chi connectivity index (χ2v) is 6.35.